The van der Waals surface area contributed by atoms with Crippen molar-refractivity contribution >= 4 is 5.70 Å². The van der Waals surface area contributed by atoms with Gasteiger partial charge in [-0.15, -0.1) is 10.2 Å². The van der Waals surface area contributed by atoms with Crippen LogP contribution in [0.5, 0.6) is 11.5 Å². The minimum Gasteiger partial charge on any atom is -0.504 e. The number of alkyl halides is 2. The van der Waals surface area contributed by atoms with E-state index in [0.717, 1.165) is 0 Å². The summed E-state index contributed by atoms with van der Waals surface area (Å²) in [5, 5.41) is 17.1. The molecule has 0 amide bonds. The minimum atomic E-state index is -3.01. The standard InChI is InChI=1S/C13H11F2N3O4/c1-13(11-17-16-6-20-11)5-8(18-22-13)7-2-3-10(9(19)4-7)21-12(14)15/h2-6,12,18-19H,1H3. The third-order valence-corrected chi connectivity index (χ3v) is 3.06. The zero-order valence-corrected chi connectivity index (χ0v) is 11.3. The maximum Gasteiger partial charge on any atom is 0.387 e. The van der Waals surface area contributed by atoms with Gasteiger partial charge in [0.05, 0.1) is 5.70 Å². The number of hydrogen-bond acceptors (Lipinski definition) is 7. The van der Waals surface area contributed by atoms with Crippen LogP contribution in [-0.2, 0) is 10.4 Å². The molecular formula is C13H11F2N3O4. The van der Waals surface area contributed by atoms with Gasteiger partial charge in [0.25, 0.3) is 5.89 Å². The fourth-order valence-electron chi connectivity index (χ4n) is 2.01. The number of nitrogens with one attached hydrogen (secondary N) is 1. The topological polar surface area (TPSA) is 89.6 Å². The number of hydroxylamine groups is 1. The number of ether oxygens (including phenoxy) is 1. The molecule has 0 saturated carbocycles. The average molecular weight is 311 g/mol. The van der Waals surface area contributed by atoms with Crippen LogP contribution in [0.15, 0.2) is 35.1 Å². The van der Waals surface area contributed by atoms with E-state index >= 15 is 0 Å². The molecule has 1 unspecified atom stereocenters. The monoisotopic (exact) mass is 311 g/mol. The molecule has 0 aliphatic carbocycles. The smallest absolute Gasteiger partial charge is 0.387 e. The SMILES string of the molecule is CC1(c2nnco2)C=C(c2ccc(OC(F)F)c(O)c2)NO1. The first kappa shape index (κ1) is 14.3. The van der Waals surface area contributed by atoms with E-state index in [-0.39, 0.29) is 11.6 Å². The molecule has 2 N–H and O–H groups in total. The van der Waals surface area contributed by atoms with Crippen molar-refractivity contribution in [3.05, 3.63) is 42.1 Å². The second kappa shape index (κ2) is 5.26. The second-order valence-electron chi connectivity index (χ2n) is 4.67. The number of rotatable bonds is 4. The third-order valence-electron chi connectivity index (χ3n) is 3.06. The Hall–Kier alpha value is -2.68. The van der Waals surface area contributed by atoms with Gasteiger partial charge < -0.3 is 14.3 Å². The largest absolute Gasteiger partial charge is 0.504 e. The molecule has 3 rings (SSSR count). The minimum absolute atomic E-state index is 0.247. The van der Waals surface area contributed by atoms with Crippen LogP contribution in [0, 0.1) is 0 Å². The highest BCUT2D eigenvalue weighted by molar-refractivity contribution is 5.68. The maximum atomic E-state index is 12.2. The predicted molar refractivity (Wildman–Crippen MR) is 68.6 cm³/mol. The molecule has 1 aromatic heterocycles. The van der Waals surface area contributed by atoms with Gasteiger partial charge in [0.1, 0.15) is 0 Å². The van der Waals surface area contributed by atoms with Gasteiger partial charge in [-0.1, -0.05) is 0 Å². The van der Waals surface area contributed by atoms with Crippen LogP contribution in [0.3, 0.4) is 0 Å². The molecule has 0 bridgehead atoms. The van der Waals surface area contributed by atoms with E-state index in [1.54, 1.807) is 13.0 Å². The Morgan fingerprint density at radius 2 is 2.23 bits per heavy atom. The summed E-state index contributed by atoms with van der Waals surface area (Å²) in [6.45, 7) is -1.31. The molecule has 7 nitrogen and oxygen atoms in total. The number of phenolic OH excluding ortho intramolecular Hbond substituents is 1. The zero-order chi connectivity index (χ0) is 15.7. The highest BCUT2D eigenvalue weighted by Crippen LogP contribution is 2.36. The Morgan fingerprint density at radius 3 is 2.86 bits per heavy atom. The number of phenols is 1. The van der Waals surface area contributed by atoms with Gasteiger partial charge in [0, 0.05) is 5.56 Å². The molecule has 0 spiro atoms. The molecule has 1 aliphatic rings. The molecule has 1 aliphatic heterocycles. The van der Waals surface area contributed by atoms with Crippen molar-refractivity contribution in [1.82, 2.24) is 15.7 Å². The molecular weight excluding hydrogens is 300 g/mol. The van der Waals surface area contributed by atoms with Gasteiger partial charge in [-0.3, -0.25) is 10.3 Å². The summed E-state index contributed by atoms with van der Waals surface area (Å²) in [4.78, 5) is 5.41. The average Bonchev–Trinajstić information content (AvgIpc) is 3.11. The molecule has 116 valence electrons. The Labute approximate surface area is 123 Å². The lowest BCUT2D eigenvalue weighted by molar-refractivity contribution is -0.0512. The van der Waals surface area contributed by atoms with Crippen LogP contribution in [0.1, 0.15) is 18.4 Å². The second-order valence-corrected chi connectivity index (χ2v) is 4.67. The summed E-state index contributed by atoms with van der Waals surface area (Å²) in [7, 11) is 0. The lowest BCUT2D eigenvalue weighted by atomic mass is 10.0. The Kier molecular flexibility index (Phi) is 3.41. The number of nitrogens with zero attached hydrogens (tertiary/aromatic N) is 2. The highest BCUT2D eigenvalue weighted by atomic mass is 19.3. The van der Waals surface area contributed by atoms with Crippen molar-refractivity contribution < 1.29 is 27.9 Å². The van der Waals surface area contributed by atoms with Crippen LogP contribution in [0.4, 0.5) is 8.78 Å². The molecule has 2 aromatic rings. The Morgan fingerprint density at radius 1 is 1.41 bits per heavy atom. The number of aromatic hydroxyl groups is 1. The molecule has 0 saturated heterocycles. The molecule has 2 heterocycles. The summed E-state index contributed by atoms with van der Waals surface area (Å²) in [5.74, 6) is -0.471. The van der Waals surface area contributed by atoms with Crippen molar-refractivity contribution in [3.63, 3.8) is 0 Å². The summed E-state index contributed by atoms with van der Waals surface area (Å²) < 4.78 is 33.6. The van der Waals surface area contributed by atoms with Crippen molar-refractivity contribution in [2.24, 2.45) is 0 Å². The lowest BCUT2D eigenvalue weighted by Gasteiger charge is -2.14. The summed E-state index contributed by atoms with van der Waals surface area (Å²) in [5.41, 5.74) is 2.73. The first-order chi connectivity index (χ1) is 10.5. The summed E-state index contributed by atoms with van der Waals surface area (Å²) in [6, 6.07) is 4.01. The maximum absolute atomic E-state index is 12.2. The van der Waals surface area contributed by atoms with Crippen LogP contribution >= 0.6 is 0 Å². The van der Waals surface area contributed by atoms with Crippen molar-refractivity contribution in [3.8, 4) is 11.5 Å². The predicted octanol–water partition coefficient (Wildman–Crippen LogP) is 2.17. The van der Waals surface area contributed by atoms with Gasteiger partial charge in [-0.2, -0.15) is 8.78 Å². The van der Waals surface area contributed by atoms with Gasteiger partial charge in [0.2, 0.25) is 6.39 Å². The van der Waals surface area contributed by atoms with Crippen LogP contribution < -0.4 is 10.2 Å². The lowest BCUT2D eigenvalue weighted by Crippen LogP contribution is -2.23. The van der Waals surface area contributed by atoms with Crippen LogP contribution in [0.2, 0.25) is 0 Å². The summed E-state index contributed by atoms with van der Waals surface area (Å²) in [6.07, 6.45) is 2.85. The molecule has 1 aromatic carbocycles. The van der Waals surface area contributed by atoms with E-state index in [9.17, 15) is 13.9 Å². The molecule has 0 radical (unpaired) electrons. The third kappa shape index (κ3) is 2.58. The van der Waals surface area contributed by atoms with Crippen LogP contribution in [-0.4, -0.2) is 21.9 Å². The van der Waals surface area contributed by atoms with Gasteiger partial charge in [-0.05, 0) is 31.2 Å². The molecule has 0 fully saturated rings. The van der Waals surface area contributed by atoms with E-state index in [0.29, 0.717) is 11.3 Å². The first-order valence-electron chi connectivity index (χ1n) is 6.20. The Bertz CT molecular complexity index is 705. The Balaban J connectivity index is 1.88. The summed E-state index contributed by atoms with van der Waals surface area (Å²) >= 11 is 0. The number of hydrogen-bond donors (Lipinski definition) is 2. The molecule has 1 atom stereocenters. The van der Waals surface area contributed by atoms with E-state index in [1.165, 1.54) is 24.6 Å². The fourth-order valence-corrected chi connectivity index (χ4v) is 2.01. The quantitative estimate of drug-likeness (QED) is 0.894. The van der Waals surface area contributed by atoms with E-state index in [1.807, 2.05) is 0 Å². The van der Waals surface area contributed by atoms with Gasteiger partial charge >= 0.3 is 6.61 Å². The van der Waals surface area contributed by atoms with Gasteiger partial charge in [-0.25, -0.2) is 0 Å². The highest BCUT2D eigenvalue weighted by Gasteiger charge is 2.37. The van der Waals surface area contributed by atoms with Crippen molar-refractivity contribution in [1.29, 1.82) is 0 Å². The fraction of sp³-hybridized carbons (Fsp3) is 0.231. The van der Waals surface area contributed by atoms with E-state index < -0.39 is 18.0 Å². The van der Waals surface area contributed by atoms with Crippen molar-refractivity contribution in [2.45, 2.75) is 19.1 Å². The van der Waals surface area contributed by atoms with E-state index in [2.05, 4.69) is 20.4 Å². The number of aromatic nitrogens is 2. The first-order valence-corrected chi connectivity index (χ1v) is 6.20. The van der Waals surface area contributed by atoms with Crippen molar-refractivity contribution in [2.75, 3.05) is 0 Å². The normalized spacial score (nSPS) is 20.8. The van der Waals surface area contributed by atoms with E-state index in [4.69, 9.17) is 9.25 Å². The number of benzene rings is 1. The molecule has 9 heteroatoms. The van der Waals surface area contributed by atoms with Gasteiger partial charge in [0.15, 0.2) is 17.1 Å². The number of halogens is 2. The van der Waals surface area contributed by atoms with Crippen LogP contribution in [0.25, 0.3) is 5.70 Å². The molecule has 22 heavy (non-hydrogen) atoms. The zero-order valence-electron chi connectivity index (χ0n) is 11.3.